The quantitative estimate of drug-likeness (QED) is 0.350. The van der Waals surface area contributed by atoms with Gasteiger partial charge in [-0.25, -0.2) is 4.79 Å². The first kappa shape index (κ1) is 22.6. The van der Waals surface area contributed by atoms with Gasteiger partial charge in [0.25, 0.3) is 0 Å². The number of para-hydroxylation sites is 1. The van der Waals surface area contributed by atoms with Crippen molar-refractivity contribution in [3.8, 4) is 5.75 Å². The molecule has 3 N–H and O–H groups in total. The molecule has 0 heterocycles. The monoisotopic (exact) mass is 378 g/mol. The molecule has 1 rings (SSSR count). The number of ether oxygens (including phenoxy) is 2. The van der Waals surface area contributed by atoms with Crippen LogP contribution in [-0.4, -0.2) is 50.9 Å². The molecule has 0 bridgehead atoms. The van der Waals surface area contributed by atoms with Crippen molar-refractivity contribution >= 4 is 12.1 Å². The third kappa shape index (κ3) is 10.3. The van der Waals surface area contributed by atoms with Crippen molar-refractivity contribution in [1.29, 1.82) is 0 Å². The van der Waals surface area contributed by atoms with Gasteiger partial charge in [-0.05, 0) is 52.2 Å². The van der Waals surface area contributed by atoms with Gasteiger partial charge >= 0.3 is 6.09 Å². The first-order valence-corrected chi connectivity index (χ1v) is 9.47. The van der Waals surface area contributed by atoms with E-state index in [0.29, 0.717) is 19.7 Å². The van der Waals surface area contributed by atoms with Crippen molar-refractivity contribution in [2.75, 3.05) is 33.3 Å². The van der Waals surface area contributed by atoms with Gasteiger partial charge < -0.3 is 25.4 Å². The molecule has 0 spiro atoms. The number of benzene rings is 1. The number of carbonyl (C=O) groups excluding carboxylic acids is 1. The van der Waals surface area contributed by atoms with Crippen molar-refractivity contribution in [1.82, 2.24) is 16.0 Å². The van der Waals surface area contributed by atoms with E-state index in [4.69, 9.17) is 9.47 Å². The maximum atomic E-state index is 11.6. The van der Waals surface area contributed by atoms with Crippen molar-refractivity contribution in [3.63, 3.8) is 0 Å². The molecule has 0 aliphatic carbocycles. The Hall–Kier alpha value is -2.44. The lowest BCUT2D eigenvalue weighted by Gasteiger charge is -2.19. The molecule has 7 nitrogen and oxygen atoms in total. The number of hydrogen-bond acceptors (Lipinski definition) is 4. The van der Waals surface area contributed by atoms with E-state index in [1.807, 2.05) is 45.9 Å². The summed E-state index contributed by atoms with van der Waals surface area (Å²) in [6.07, 6.45) is 1.22. The summed E-state index contributed by atoms with van der Waals surface area (Å²) in [6, 6.07) is 8.06. The highest BCUT2D eigenvalue weighted by Gasteiger charge is 2.15. The van der Waals surface area contributed by atoms with E-state index in [0.717, 1.165) is 31.1 Å². The molecule has 27 heavy (non-hydrogen) atoms. The molecule has 0 aliphatic heterocycles. The smallest absolute Gasteiger partial charge is 0.407 e. The Morgan fingerprint density at radius 1 is 1.07 bits per heavy atom. The van der Waals surface area contributed by atoms with Gasteiger partial charge in [0.15, 0.2) is 5.96 Å². The van der Waals surface area contributed by atoms with Crippen molar-refractivity contribution in [2.45, 2.75) is 46.1 Å². The first-order chi connectivity index (χ1) is 12.9. The van der Waals surface area contributed by atoms with Crippen LogP contribution in [0.15, 0.2) is 29.3 Å². The van der Waals surface area contributed by atoms with E-state index in [1.54, 1.807) is 7.05 Å². The second-order valence-electron chi connectivity index (χ2n) is 7.00. The average molecular weight is 379 g/mol. The van der Waals surface area contributed by atoms with Crippen LogP contribution in [0.2, 0.25) is 0 Å². The number of amides is 1. The molecule has 0 saturated heterocycles. The van der Waals surface area contributed by atoms with Crippen LogP contribution in [0.5, 0.6) is 5.75 Å². The highest BCUT2D eigenvalue weighted by molar-refractivity contribution is 5.79. The lowest BCUT2D eigenvalue weighted by Crippen LogP contribution is -2.40. The highest BCUT2D eigenvalue weighted by Crippen LogP contribution is 2.17. The number of alkyl carbamates (subject to hydrolysis) is 1. The molecule has 0 unspecified atom stereocenters. The van der Waals surface area contributed by atoms with Crippen molar-refractivity contribution in [3.05, 3.63) is 29.8 Å². The summed E-state index contributed by atoms with van der Waals surface area (Å²) < 4.78 is 10.8. The van der Waals surface area contributed by atoms with Gasteiger partial charge in [-0.15, -0.1) is 0 Å². The van der Waals surface area contributed by atoms with Gasteiger partial charge in [-0.1, -0.05) is 18.2 Å². The predicted octanol–water partition coefficient (Wildman–Crippen LogP) is 2.71. The molecule has 0 fully saturated rings. The second kappa shape index (κ2) is 12.0. The Labute approximate surface area is 162 Å². The Kier molecular flexibility index (Phi) is 10.1. The standard InChI is InChI=1S/C20H34N4O3/c1-6-26-17-11-8-7-10-16(17)12-15-23-18(21-5)22-13-9-14-24-19(25)27-20(2,3)4/h7-8,10-11H,6,9,12-15H2,1-5H3,(H,24,25)(H2,21,22,23). The predicted molar refractivity (Wildman–Crippen MR) is 110 cm³/mol. The number of nitrogens with zero attached hydrogens (tertiary/aromatic N) is 1. The topological polar surface area (TPSA) is 84.0 Å². The minimum atomic E-state index is -0.477. The fourth-order valence-corrected chi connectivity index (χ4v) is 2.34. The highest BCUT2D eigenvalue weighted by atomic mass is 16.6. The molecule has 0 atom stereocenters. The normalized spacial score (nSPS) is 11.7. The molecule has 1 aromatic carbocycles. The molecule has 0 radical (unpaired) electrons. The SMILES string of the molecule is CCOc1ccccc1CCNC(=NC)NCCCNC(=O)OC(C)(C)C. The molecule has 0 saturated carbocycles. The van der Waals surface area contributed by atoms with E-state index < -0.39 is 11.7 Å². The number of aliphatic imine (C=N–C) groups is 1. The maximum absolute atomic E-state index is 11.6. The van der Waals surface area contributed by atoms with Crippen LogP contribution in [0.4, 0.5) is 4.79 Å². The summed E-state index contributed by atoms with van der Waals surface area (Å²) in [6.45, 7) is 10.2. The van der Waals surface area contributed by atoms with Gasteiger partial charge in [-0.3, -0.25) is 4.99 Å². The Balaban J connectivity index is 2.23. The number of rotatable bonds is 9. The van der Waals surface area contributed by atoms with E-state index >= 15 is 0 Å². The lowest BCUT2D eigenvalue weighted by molar-refractivity contribution is 0.0527. The fourth-order valence-electron chi connectivity index (χ4n) is 2.34. The minimum absolute atomic E-state index is 0.391. The number of carbonyl (C=O) groups is 1. The Morgan fingerprint density at radius 3 is 2.41 bits per heavy atom. The number of guanidine groups is 1. The first-order valence-electron chi connectivity index (χ1n) is 9.47. The van der Waals surface area contributed by atoms with Crippen molar-refractivity contribution in [2.24, 2.45) is 4.99 Å². The van der Waals surface area contributed by atoms with Crippen LogP contribution in [0.1, 0.15) is 39.7 Å². The largest absolute Gasteiger partial charge is 0.494 e. The van der Waals surface area contributed by atoms with Gasteiger partial charge in [0.1, 0.15) is 11.4 Å². The van der Waals surface area contributed by atoms with Crippen LogP contribution in [0.3, 0.4) is 0 Å². The zero-order chi connectivity index (χ0) is 20.1. The number of nitrogens with one attached hydrogen (secondary N) is 3. The molecule has 0 aromatic heterocycles. The summed E-state index contributed by atoms with van der Waals surface area (Å²) in [4.78, 5) is 15.8. The summed E-state index contributed by atoms with van der Waals surface area (Å²) in [5, 5.41) is 9.26. The summed E-state index contributed by atoms with van der Waals surface area (Å²) in [5.74, 6) is 1.67. The van der Waals surface area contributed by atoms with E-state index in [1.165, 1.54) is 5.56 Å². The minimum Gasteiger partial charge on any atom is -0.494 e. The Bertz CT molecular complexity index is 597. The third-order valence-corrected chi connectivity index (χ3v) is 3.50. The molecule has 1 aromatic rings. The van der Waals surface area contributed by atoms with Crippen molar-refractivity contribution < 1.29 is 14.3 Å². The van der Waals surface area contributed by atoms with Crippen LogP contribution < -0.4 is 20.7 Å². The fraction of sp³-hybridized carbons (Fsp3) is 0.600. The zero-order valence-corrected chi connectivity index (χ0v) is 17.2. The van der Waals surface area contributed by atoms with Crippen LogP contribution in [0, 0.1) is 0 Å². The molecule has 152 valence electrons. The molecule has 0 aliphatic rings. The average Bonchev–Trinajstić information content (AvgIpc) is 2.60. The zero-order valence-electron chi connectivity index (χ0n) is 17.2. The number of hydrogen-bond donors (Lipinski definition) is 3. The van der Waals surface area contributed by atoms with Gasteiger partial charge in [0, 0.05) is 26.7 Å². The van der Waals surface area contributed by atoms with E-state index in [9.17, 15) is 4.79 Å². The Morgan fingerprint density at radius 2 is 1.74 bits per heavy atom. The van der Waals surface area contributed by atoms with E-state index in [2.05, 4.69) is 27.0 Å². The van der Waals surface area contributed by atoms with Crippen LogP contribution in [-0.2, 0) is 11.2 Å². The molecule has 1 amide bonds. The maximum Gasteiger partial charge on any atom is 0.407 e. The molecule has 7 heteroatoms. The summed E-state index contributed by atoms with van der Waals surface area (Å²) in [7, 11) is 1.74. The van der Waals surface area contributed by atoms with Gasteiger partial charge in [-0.2, -0.15) is 0 Å². The molecular formula is C20H34N4O3. The summed E-state index contributed by atoms with van der Waals surface area (Å²) in [5.41, 5.74) is 0.693. The van der Waals surface area contributed by atoms with E-state index in [-0.39, 0.29) is 0 Å². The van der Waals surface area contributed by atoms with Gasteiger partial charge in [0.05, 0.1) is 6.61 Å². The lowest BCUT2D eigenvalue weighted by atomic mass is 10.1. The van der Waals surface area contributed by atoms with Crippen LogP contribution >= 0.6 is 0 Å². The van der Waals surface area contributed by atoms with Crippen LogP contribution in [0.25, 0.3) is 0 Å². The summed E-state index contributed by atoms with van der Waals surface area (Å²) >= 11 is 0. The second-order valence-corrected chi connectivity index (χ2v) is 7.00. The van der Waals surface area contributed by atoms with Gasteiger partial charge in [0.2, 0.25) is 0 Å². The third-order valence-electron chi connectivity index (χ3n) is 3.50. The molecular weight excluding hydrogens is 344 g/mol.